The monoisotopic (exact) mass is 410 g/mol. The van der Waals surface area contributed by atoms with Crippen LogP contribution < -0.4 is 11.1 Å². The summed E-state index contributed by atoms with van der Waals surface area (Å²) < 4.78 is 39.8. The van der Waals surface area contributed by atoms with Gasteiger partial charge in [-0.3, -0.25) is 4.79 Å². The number of carbonyl (C=O) groups excluding carboxylic acids is 1. The maximum Gasteiger partial charge on any atom is 0.451 e. The third-order valence-corrected chi connectivity index (χ3v) is 3.84. The van der Waals surface area contributed by atoms with Crippen LogP contribution in [0.5, 0.6) is 0 Å². The number of primary amides is 1. The van der Waals surface area contributed by atoms with Crippen molar-refractivity contribution in [2.24, 2.45) is 5.73 Å². The molecule has 0 aliphatic carbocycles. The van der Waals surface area contributed by atoms with E-state index in [0.29, 0.717) is 15.5 Å². The summed E-state index contributed by atoms with van der Waals surface area (Å²) in [6.45, 7) is 0. The number of aromatic nitrogens is 2. The summed E-state index contributed by atoms with van der Waals surface area (Å²) in [5, 5.41) is 3.25. The van der Waals surface area contributed by atoms with Gasteiger partial charge in [0.2, 0.25) is 11.7 Å². The van der Waals surface area contributed by atoms with Gasteiger partial charge in [0.1, 0.15) is 5.82 Å². The highest BCUT2D eigenvalue weighted by atomic mass is 79.9. The Balaban J connectivity index is 2.09. The van der Waals surface area contributed by atoms with E-state index < -0.39 is 17.9 Å². The third-order valence-electron chi connectivity index (χ3n) is 3.34. The highest BCUT2D eigenvalue weighted by Crippen LogP contribution is 2.32. The quantitative estimate of drug-likeness (QED) is 0.675. The first-order chi connectivity index (χ1) is 11.7. The van der Waals surface area contributed by atoms with Crippen LogP contribution in [0, 0.1) is 0 Å². The number of benzene rings is 2. The Bertz CT molecular complexity index is 958. The van der Waals surface area contributed by atoms with Gasteiger partial charge in [-0.1, -0.05) is 15.9 Å². The summed E-state index contributed by atoms with van der Waals surface area (Å²) in [6, 6.07) is 10.7. The van der Waals surface area contributed by atoms with E-state index >= 15 is 0 Å². The van der Waals surface area contributed by atoms with Crippen LogP contribution >= 0.6 is 15.9 Å². The standard InChI is InChI=1S/C16H10BrF3N4O/c17-9-3-6-12-11(7-9)14(24-15(23-12)16(18,19)20)22-10-4-1-8(2-5-10)13(21)25/h1-7H,(H2,21,25)(H,22,23,24). The molecule has 3 aromatic rings. The highest BCUT2D eigenvalue weighted by Gasteiger charge is 2.35. The smallest absolute Gasteiger partial charge is 0.366 e. The van der Waals surface area contributed by atoms with E-state index in [1.807, 2.05) is 0 Å². The second kappa shape index (κ2) is 6.32. The van der Waals surface area contributed by atoms with Crippen LogP contribution in [-0.2, 0) is 6.18 Å². The Morgan fingerprint density at radius 2 is 1.76 bits per heavy atom. The molecule has 3 rings (SSSR count). The molecule has 0 radical (unpaired) electrons. The minimum absolute atomic E-state index is 0.00505. The number of nitrogens with one attached hydrogen (secondary N) is 1. The van der Waals surface area contributed by atoms with Crippen molar-refractivity contribution in [1.29, 1.82) is 0 Å². The molecule has 0 saturated heterocycles. The van der Waals surface area contributed by atoms with Crippen LogP contribution in [0.1, 0.15) is 16.2 Å². The SMILES string of the molecule is NC(=O)c1ccc(Nc2nc(C(F)(F)F)nc3ccc(Br)cc23)cc1. The number of alkyl halides is 3. The lowest BCUT2D eigenvalue weighted by molar-refractivity contribution is -0.144. The van der Waals surface area contributed by atoms with E-state index in [1.54, 1.807) is 12.1 Å². The van der Waals surface area contributed by atoms with Crippen molar-refractivity contribution in [3.05, 3.63) is 58.3 Å². The molecular weight excluding hydrogens is 401 g/mol. The van der Waals surface area contributed by atoms with Crippen LogP contribution in [0.3, 0.4) is 0 Å². The molecule has 0 unspecified atom stereocenters. The first kappa shape index (κ1) is 17.2. The third kappa shape index (κ3) is 3.71. The number of nitrogens with two attached hydrogens (primary N) is 1. The molecule has 0 saturated carbocycles. The van der Waals surface area contributed by atoms with Gasteiger partial charge in [-0.25, -0.2) is 9.97 Å². The van der Waals surface area contributed by atoms with Crippen LogP contribution in [-0.4, -0.2) is 15.9 Å². The van der Waals surface area contributed by atoms with Gasteiger partial charge in [-0.2, -0.15) is 13.2 Å². The van der Waals surface area contributed by atoms with Crippen LogP contribution in [0.4, 0.5) is 24.7 Å². The molecule has 0 aliphatic heterocycles. The number of fused-ring (bicyclic) bond motifs is 1. The molecule has 0 aliphatic rings. The van der Waals surface area contributed by atoms with E-state index in [9.17, 15) is 18.0 Å². The second-order valence-corrected chi connectivity index (χ2v) is 6.04. The maximum absolute atomic E-state index is 13.0. The Labute approximate surface area is 148 Å². The maximum atomic E-state index is 13.0. The average molecular weight is 411 g/mol. The lowest BCUT2D eigenvalue weighted by Crippen LogP contribution is -2.13. The summed E-state index contributed by atoms with van der Waals surface area (Å²) in [4.78, 5) is 18.3. The molecule has 0 spiro atoms. The lowest BCUT2D eigenvalue weighted by atomic mass is 10.2. The molecule has 0 bridgehead atoms. The van der Waals surface area contributed by atoms with Crippen molar-refractivity contribution in [2.45, 2.75) is 6.18 Å². The summed E-state index contributed by atoms with van der Waals surface area (Å²) in [6.07, 6.45) is -4.67. The number of nitrogens with zero attached hydrogens (tertiary/aromatic N) is 2. The summed E-state index contributed by atoms with van der Waals surface area (Å²) >= 11 is 3.28. The molecule has 3 N–H and O–H groups in total. The highest BCUT2D eigenvalue weighted by molar-refractivity contribution is 9.10. The Morgan fingerprint density at radius 1 is 1.08 bits per heavy atom. The summed E-state index contributed by atoms with van der Waals surface area (Å²) in [7, 11) is 0. The fourth-order valence-corrected chi connectivity index (χ4v) is 2.54. The molecule has 0 fully saturated rings. The average Bonchev–Trinajstić information content (AvgIpc) is 2.54. The predicted molar refractivity (Wildman–Crippen MR) is 90.5 cm³/mol. The van der Waals surface area contributed by atoms with E-state index in [1.165, 1.54) is 30.3 Å². The van der Waals surface area contributed by atoms with Crippen LogP contribution in [0.15, 0.2) is 46.9 Å². The summed E-state index contributed by atoms with van der Waals surface area (Å²) in [5.74, 6) is -1.83. The van der Waals surface area contributed by atoms with Crippen molar-refractivity contribution in [2.75, 3.05) is 5.32 Å². The fourth-order valence-electron chi connectivity index (χ4n) is 2.18. The number of amides is 1. The number of halogens is 4. The van der Waals surface area contributed by atoms with Crippen molar-refractivity contribution in [1.82, 2.24) is 9.97 Å². The molecule has 1 amide bonds. The molecule has 25 heavy (non-hydrogen) atoms. The first-order valence-electron chi connectivity index (χ1n) is 6.95. The Kier molecular flexibility index (Phi) is 4.34. The van der Waals surface area contributed by atoms with Gasteiger partial charge in [-0.15, -0.1) is 0 Å². The van der Waals surface area contributed by atoms with E-state index in [2.05, 4.69) is 31.2 Å². The predicted octanol–water partition coefficient (Wildman–Crippen LogP) is 4.25. The number of carbonyl (C=O) groups is 1. The zero-order valence-electron chi connectivity index (χ0n) is 12.4. The normalized spacial score (nSPS) is 11.5. The van der Waals surface area contributed by atoms with Crippen molar-refractivity contribution in [3.63, 3.8) is 0 Å². The van der Waals surface area contributed by atoms with E-state index in [0.717, 1.165) is 0 Å². The van der Waals surface area contributed by atoms with Crippen molar-refractivity contribution >= 4 is 44.2 Å². The van der Waals surface area contributed by atoms with Gasteiger partial charge in [0, 0.05) is 21.1 Å². The molecule has 0 atom stereocenters. The number of hydrogen-bond donors (Lipinski definition) is 2. The zero-order chi connectivity index (χ0) is 18.2. The van der Waals surface area contributed by atoms with Gasteiger partial charge in [0.05, 0.1) is 5.52 Å². The van der Waals surface area contributed by atoms with Crippen LogP contribution in [0.2, 0.25) is 0 Å². The minimum atomic E-state index is -4.67. The molecular formula is C16H10BrF3N4O. The lowest BCUT2D eigenvalue weighted by Gasteiger charge is -2.13. The minimum Gasteiger partial charge on any atom is -0.366 e. The number of rotatable bonds is 3. The first-order valence-corrected chi connectivity index (χ1v) is 7.75. The van der Waals surface area contributed by atoms with E-state index in [4.69, 9.17) is 5.73 Å². The topological polar surface area (TPSA) is 80.9 Å². The fraction of sp³-hybridized carbons (Fsp3) is 0.0625. The van der Waals surface area contributed by atoms with E-state index in [-0.39, 0.29) is 16.9 Å². The molecule has 5 nitrogen and oxygen atoms in total. The molecule has 9 heteroatoms. The second-order valence-electron chi connectivity index (χ2n) is 5.12. The molecule has 2 aromatic carbocycles. The molecule has 128 valence electrons. The van der Waals surface area contributed by atoms with Crippen LogP contribution in [0.25, 0.3) is 10.9 Å². The van der Waals surface area contributed by atoms with Crippen molar-refractivity contribution < 1.29 is 18.0 Å². The van der Waals surface area contributed by atoms with Crippen molar-refractivity contribution in [3.8, 4) is 0 Å². The Morgan fingerprint density at radius 3 is 2.36 bits per heavy atom. The number of hydrogen-bond acceptors (Lipinski definition) is 4. The van der Waals surface area contributed by atoms with Gasteiger partial charge in [0.25, 0.3) is 0 Å². The van der Waals surface area contributed by atoms with Gasteiger partial charge < -0.3 is 11.1 Å². The zero-order valence-corrected chi connectivity index (χ0v) is 14.0. The Hall–Kier alpha value is -2.68. The summed E-state index contributed by atoms with van der Waals surface area (Å²) in [5.41, 5.74) is 6.06. The largest absolute Gasteiger partial charge is 0.451 e. The van der Waals surface area contributed by atoms with Gasteiger partial charge >= 0.3 is 6.18 Å². The van der Waals surface area contributed by atoms with Gasteiger partial charge in [-0.05, 0) is 42.5 Å². The van der Waals surface area contributed by atoms with Gasteiger partial charge in [0.15, 0.2) is 0 Å². The number of anilines is 2. The molecule has 1 heterocycles. The molecule has 1 aromatic heterocycles.